The van der Waals surface area contributed by atoms with Crippen LogP contribution >= 0.6 is 0 Å². The molecule has 2 aliphatic heterocycles. The maximum absolute atomic E-state index is 13.4. The average Bonchev–Trinajstić information content (AvgIpc) is 3.61. The third-order valence-corrected chi connectivity index (χ3v) is 11.1. The van der Waals surface area contributed by atoms with Crippen LogP contribution in [-0.4, -0.2) is 86.7 Å². The van der Waals surface area contributed by atoms with Crippen molar-refractivity contribution in [3.8, 4) is 11.5 Å². The topological polar surface area (TPSA) is 71.3 Å². The Kier molecular flexibility index (Phi) is 14.0. The number of primary amides is 1. The molecule has 0 radical (unpaired) electrons. The van der Waals surface area contributed by atoms with Gasteiger partial charge in [0.1, 0.15) is 16.9 Å². The van der Waals surface area contributed by atoms with Crippen LogP contribution in [0, 0.1) is 5.92 Å². The van der Waals surface area contributed by atoms with Gasteiger partial charge in [0.2, 0.25) is 5.91 Å². The monoisotopic (exact) mass is 668 g/mol. The van der Waals surface area contributed by atoms with Gasteiger partial charge in [0.15, 0.2) is 0 Å². The van der Waals surface area contributed by atoms with E-state index in [9.17, 15) is 4.79 Å². The van der Waals surface area contributed by atoms with E-state index in [1.165, 1.54) is 70.0 Å². The average molecular weight is 669 g/mol. The minimum absolute atomic E-state index is 0.163. The molecular weight excluding hydrogens is 608 g/mol. The summed E-state index contributed by atoms with van der Waals surface area (Å²) in [5, 5.41) is 0. The van der Waals surface area contributed by atoms with Crippen molar-refractivity contribution in [3.05, 3.63) is 95.6 Å². The van der Waals surface area contributed by atoms with E-state index >= 15 is 0 Å². The van der Waals surface area contributed by atoms with Crippen molar-refractivity contribution >= 4 is 5.91 Å². The predicted octanol–water partition coefficient (Wildman–Crippen LogP) is 7.12. The Balaban J connectivity index is 1.03. The first-order chi connectivity index (χ1) is 24.0. The molecule has 7 heteroatoms. The minimum Gasteiger partial charge on any atom is -0.497 e. The number of methoxy groups -OCH3 is 2. The number of nitrogens with zero attached hydrogens (tertiary/aromatic N) is 3. The number of ether oxygens (including phenoxy) is 2. The molecule has 7 nitrogen and oxygen atoms in total. The molecule has 2 fully saturated rings. The second-order valence-corrected chi connectivity index (χ2v) is 14.2. The van der Waals surface area contributed by atoms with Crippen molar-refractivity contribution in [2.45, 2.75) is 82.7 Å². The van der Waals surface area contributed by atoms with Gasteiger partial charge in [-0.05, 0) is 113 Å². The molecule has 2 heterocycles. The zero-order valence-corrected chi connectivity index (χ0v) is 30.3. The van der Waals surface area contributed by atoms with Gasteiger partial charge < -0.3 is 25.0 Å². The van der Waals surface area contributed by atoms with Gasteiger partial charge in [0, 0.05) is 24.7 Å². The lowest BCUT2D eigenvalue weighted by molar-refractivity contribution is -0.123. The summed E-state index contributed by atoms with van der Waals surface area (Å²) in [6, 6.07) is 27.2. The second kappa shape index (κ2) is 18.6. The lowest BCUT2D eigenvalue weighted by Gasteiger charge is -2.38. The summed E-state index contributed by atoms with van der Waals surface area (Å²) in [5.74, 6) is 1.75. The van der Waals surface area contributed by atoms with E-state index in [-0.39, 0.29) is 11.8 Å². The molecule has 5 rings (SSSR count). The van der Waals surface area contributed by atoms with Crippen molar-refractivity contribution in [1.29, 1.82) is 0 Å². The van der Waals surface area contributed by atoms with Crippen molar-refractivity contribution in [3.63, 3.8) is 0 Å². The van der Waals surface area contributed by atoms with Gasteiger partial charge in [-0.25, -0.2) is 0 Å². The molecule has 0 spiro atoms. The van der Waals surface area contributed by atoms with Crippen LogP contribution in [0.25, 0.3) is 0 Å². The Bertz CT molecular complexity index is 1370. The van der Waals surface area contributed by atoms with Crippen LogP contribution in [0.5, 0.6) is 11.5 Å². The summed E-state index contributed by atoms with van der Waals surface area (Å²) >= 11 is 0. The fraction of sp³-hybridized carbons (Fsp3) is 0.548. The van der Waals surface area contributed by atoms with Crippen LogP contribution in [0.1, 0.15) is 81.4 Å². The molecule has 0 bridgehead atoms. The molecule has 2 saturated heterocycles. The molecule has 2 aliphatic rings. The summed E-state index contributed by atoms with van der Waals surface area (Å²) in [6.07, 6.45) is 11.0. The highest BCUT2D eigenvalue weighted by atomic mass is 16.5. The first-order valence-electron chi connectivity index (χ1n) is 18.8. The molecule has 0 unspecified atom stereocenters. The van der Waals surface area contributed by atoms with E-state index in [2.05, 4.69) is 52.0 Å². The van der Waals surface area contributed by atoms with Gasteiger partial charge in [0.05, 0.1) is 14.2 Å². The fourth-order valence-corrected chi connectivity index (χ4v) is 8.55. The van der Waals surface area contributed by atoms with Crippen LogP contribution in [-0.2, 0) is 16.8 Å². The molecule has 49 heavy (non-hydrogen) atoms. The van der Waals surface area contributed by atoms with E-state index in [1.54, 1.807) is 14.2 Å². The number of likely N-dealkylation sites (tertiary alicyclic amines) is 2. The minimum atomic E-state index is -0.804. The normalized spacial score (nSPS) is 17.8. The fourth-order valence-electron chi connectivity index (χ4n) is 8.55. The molecule has 3 aromatic carbocycles. The molecular formula is C42H60N4O3. The third-order valence-electron chi connectivity index (χ3n) is 11.1. The SMILES string of the molecule is CCCN(CCCCCCCN1CC[C@@H](C(C(N)=O)(c2ccccc2)c2ccccc2)C1)C1CCN(Cc2cc(OC)ccc2OC)CC1. The Labute approximate surface area is 295 Å². The van der Waals surface area contributed by atoms with E-state index in [1.807, 2.05) is 48.5 Å². The van der Waals surface area contributed by atoms with Gasteiger partial charge in [-0.2, -0.15) is 0 Å². The van der Waals surface area contributed by atoms with Crippen molar-refractivity contribution in [2.24, 2.45) is 11.7 Å². The van der Waals surface area contributed by atoms with E-state index in [0.29, 0.717) is 6.04 Å². The lowest BCUT2D eigenvalue weighted by atomic mass is 9.64. The van der Waals surface area contributed by atoms with Crippen LogP contribution in [0.15, 0.2) is 78.9 Å². The highest BCUT2D eigenvalue weighted by molar-refractivity contribution is 5.91. The third kappa shape index (κ3) is 9.24. The lowest BCUT2D eigenvalue weighted by Crippen LogP contribution is -2.49. The number of unbranched alkanes of at least 4 members (excludes halogenated alkanes) is 4. The molecule has 3 aromatic rings. The van der Waals surface area contributed by atoms with E-state index in [4.69, 9.17) is 15.2 Å². The molecule has 266 valence electrons. The molecule has 0 saturated carbocycles. The number of amides is 1. The zero-order chi connectivity index (χ0) is 34.5. The van der Waals surface area contributed by atoms with Crippen LogP contribution in [0.3, 0.4) is 0 Å². The highest BCUT2D eigenvalue weighted by Crippen LogP contribution is 2.43. The Morgan fingerprint density at radius 1 is 0.796 bits per heavy atom. The number of carbonyl (C=O) groups is 1. The highest BCUT2D eigenvalue weighted by Gasteiger charge is 2.49. The first-order valence-corrected chi connectivity index (χ1v) is 18.8. The summed E-state index contributed by atoms with van der Waals surface area (Å²) in [4.78, 5) is 21.3. The number of nitrogens with two attached hydrogens (primary N) is 1. The largest absolute Gasteiger partial charge is 0.497 e. The number of carbonyl (C=O) groups excluding carboxylic acids is 1. The van der Waals surface area contributed by atoms with Crippen LogP contribution in [0.4, 0.5) is 0 Å². The summed E-state index contributed by atoms with van der Waals surface area (Å²) in [5.41, 5.74) is 8.72. The number of benzene rings is 3. The summed E-state index contributed by atoms with van der Waals surface area (Å²) in [6.45, 7) is 10.9. The predicted molar refractivity (Wildman–Crippen MR) is 200 cm³/mol. The summed E-state index contributed by atoms with van der Waals surface area (Å²) in [7, 11) is 3.47. The smallest absolute Gasteiger partial charge is 0.232 e. The molecule has 0 aliphatic carbocycles. The quantitative estimate of drug-likeness (QED) is 0.137. The van der Waals surface area contributed by atoms with Crippen LogP contribution < -0.4 is 15.2 Å². The van der Waals surface area contributed by atoms with Gasteiger partial charge in [-0.15, -0.1) is 0 Å². The van der Waals surface area contributed by atoms with Gasteiger partial charge in [0.25, 0.3) is 0 Å². The zero-order valence-electron chi connectivity index (χ0n) is 30.3. The first kappa shape index (κ1) is 36.9. The van der Waals surface area contributed by atoms with Crippen molar-refractivity contribution in [2.75, 3.05) is 60.0 Å². The molecule has 1 amide bonds. The maximum Gasteiger partial charge on any atom is 0.232 e. The number of piperidine rings is 1. The Morgan fingerprint density at radius 2 is 1.43 bits per heavy atom. The van der Waals surface area contributed by atoms with Crippen molar-refractivity contribution < 1.29 is 14.3 Å². The van der Waals surface area contributed by atoms with Crippen molar-refractivity contribution in [1.82, 2.24) is 14.7 Å². The van der Waals surface area contributed by atoms with Gasteiger partial charge in [-0.1, -0.05) is 86.8 Å². The number of rotatable bonds is 19. The molecule has 2 N–H and O–H groups in total. The van der Waals surface area contributed by atoms with Gasteiger partial charge >= 0.3 is 0 Å². The maximum atomic E-state index is 13.4. The molecule has 1 atom stereocenters. The van der Waals surface area contributed by atoms with E-state index < -0.39 is 5.41 Å². The van der Waals surface area contributed by atoms with E-state index in [0.717, 1.165) is 68.3 Å². The number of hydrogen-bond acceptors (Lipinski definition) is 6. The Morgan fingerprint density at radius 3 is 2.04 bits per heavy atom. The standard InChI is InChI=1S/C42H60N4O3/c1-4-25-46(38-23-29-45(30-24-38)32-34-31-39(48-2)20-21-40(34)49-3)27-15-7-5-6-14-26-44-28-22-37(33-44)42(41(43)47,35-16-10-8-11-17-35)36-18-12-9-13-19-36/h8-13,16-21,31,37-38H,4-7,14-15,22-30,32-33H2,1-3H3,(H2,43,47)/t37-/m1/s1. The summed E-state index contributed by atoms with van der Waals surface area (Å²) < 4.78 is 11.1. The molecule has 0 aromatic heterocycles. The second-order valence-electron chi connectivity index (χ2n) is 14.2. The Hall–Kier alpha value is -3.39. The van der Waals surface area contributed by atoms with Crippen LogP contribution in [0.2, 0.25) is 0 Å². The number of hydrogen-bond donors (Lipinski definition) is 1. The van der Waals surface area contributed by atoms with Gasteiger partial charge in [-0.3, -0.25) is 9.69 Å².